The first-order valence-electron chi connectivity index (χ1n) is 19.9. The van der Waals surface area contributed by atoms with Crippen LogP contribution in [0.3, 0.4) is 0 Å². The minimum Gasteiger partial charge on any atom is -0.467 e. The molecule has 56 heavy (non-hydrogen) atoms. The van der Waals surface area contributed by atoms with Gasteiger partial charge in [-0.15, -0.1) is 11.8 Å². The smallest absolute Gasteiger partial charge is 0.407 e. The van der Waals surface area contributed by atoms with E-state index in [1.54, 1.807) is 23.5 Å². The van der Waals surface area contributed by atoms with Gasteiger partial charge in [-0.25, -0.2) is 9.59 Å². The molecule has 6 atom stereocenters. The Morgan fingerprint density at radius 3 is 1.70 bits per heavy atom. The van der Waals surface area contributed by atoms with Gasteiger partial charge in [-0.2, -0.15) is 11.8 Å². The van der Waals surface area contributed by atoms with Gasteiger partial charge in [0, 0.05) is 24.9 Å². The average molecular weight is 807 g/mol. The monoisotopic (exact) mass is 806 g/mol. The molecule has 0 bridgehead atoms. The highest BCUT2D eigenvalue weighted by Crippen LogP contribution is 2.48. The Kier molecular flexibility index (Phi) is 19.8. The normalized spacial score (nSPS) is 15.1. The highest BCUT2D eigenvalue weighted by atomic mass is 32.2. The lowest BCUT2D eigenvalue weighted by molar-refractivity contribution is -0.145. The fraction of sp³-hybridized carbons (Fsp3) is 0.533. The summed E-state index contributed by atoms with van der Waals surface area (Å²) in [7, 11) is 1.35. The SMILES string of the molecule is CC[C@H](C)[C@H](NC[C@@H](NC[C@H](CSC(c1ccccc1)(c1ccccc1)c1ccccc1)NC(=O)OC(C)(C)C)[C@@H](C)CC)C(=O)N[C@@H](CCSC)C(=O)OC. The van der Waals surface area contributed by atoms with Gasteiger partial charge in [-0.05, 0) is 67.7 Å². The lowest BCUT2D eigenvalue weighted by Crippen LogP contribution is -2.57. The van der Waals surface area contributed by atoms with E-state index in [-0.39, 0.29) is 29.8 Å². The van der Waals surface area contributed by atoms with Crippen LogP contribution in [0.2, 0.25) is 0 Å². The summed E-state index contributed by atoms with van der Waals surface area (Å²) in [6.07, 6.45) is 3.69. The third kappa shape index (κ3) is 14.1. The minimum atomic E-state index is -0.705. The molecule has 0 saturated carbocycles. The molecule has 3 aromatic carbocycles. The van der Waals surface area contributed by atoms with Crippen LogP contribution in [0.1, 0.15) is 84.4 Å². The average Bonchev–Trinajstić information content (AvgIpc) is 3.20. The summed E-state index contributed by atoms with van der Waals surface area (Å²) in [6.45, 7) is 15.0. The number of carbonyl (C=O) groups excluding carboxylic acids is 3. The van der Waals surface area contributed by atoms with Crippen LogP contribution in [0, 0.1) is 11.8 Å². The Balaban J connectivity index is 1.93. The number of carbonyl (C=O) groups is 3. The lowest BCUT2D eigenvalue weighted by Gasteiger charge is -2.37. The van der Waals surface area contributed by atoms with Gasteiger partial charge in [0.2, 0.25) is 5.91 Å². The number of nitrogens with one attached hydrogen (secondary N) is 4. The van der Waals surface area contributed by atoms with E-state index in [0.29, 0.717) is 25.3 Å². The van der Waals surface area contributed by atoms with E-state index in [0.717, 1.165) is 35.3 Å². The second-order valence-corrected chi connectivity index (χ2v) is 17.7. The molecule has 0 unspecified atom stereocenters. The molecule has 0 heterocycles. The summed E-state index contributed by atoms with van der Waals surface area (Å²) in [5.74, 6) is 0.909. The number of methoxy groups -OCH3 is 1. The molecule has 0 saturated heterocycles. The highest BCUT2D eigenvalue weighted by Gasteiger charge is 2.38. The molecule has 308 valence electrons. The number of amides is 2. The van der Waals surface area contributed by atoms with Crippen molar-refractivity contribution in [2.75, 3.05) is 38.0 Å². The zero-order valence-corrected chi connectivity index (χ0v) is 36.6. The minimum absolute atomic E-state index is 0.0199. The molecule has 0 aliphatic heterocycles. The molecule has 0 fully saturated rings. The summed E-state index contributed by atoms with van der Waals surface area (Å²) >= 11 is 3.41. The second kappa shape index (κ2) is 23.7. The summed E-state index contributed by atoms with van der Waals surface area (Å²) in [6, 6.07) is 30.0. The summed E-state index contributed by atoms with van der Waals surface area (Å²) in [4.78, 5) is 39.7. The lowest BCUT2D eigenvalue weighted by atomic mass is 9.84. The Bertz CT molecular complexity index is 1500. The quantitative estimate of drug-likeness (QED) is 0.0559. The van der Waals surface area contributed by atoms with Crippen LogP contribution >= 0.6 is 23.5 Å². The van der Waals surface area contributed by atoms with Crippen LogP contribution in [0.15, 0.2) is 91.0 Å². The molecule has 4 N–H and O–H groups in total. The Labute approximate surface area is 345 Å². The first kappa shape index (κ1) is 46.9. The van der Waals surface area contributed by atoms with Gasteiger partial charge in [-0.1, -0.05) is 132 Å². The maximum atomic E-state index is 13.7. The number of benzene rings is 3. The van der Waals surface area contributed by atoms with Crippen molar-refractivity contribution in [2.45, 2.75) is 102 Å². The van der Waals surface area contributed by atoms with Gasteiger partial charge in [0.1, 0.15) is 11.6 Å². The number of hydrogen-bond donors (Lipinski definition) is 4. The van der Waals surface area contributed by atoms with Gasteiger partial charge in [-0.3, -0.25) is 4.79 Å². The number of thioether (sulfide) groups is 2. The molecule has 0 spiro atoms. The number of rotatable bonds is 23. The van der Waals surface area contributed by atoms with Crippen LogP contribution < -0.4 is 21.3 Å². The summed E-state index contributed by atoms with van der Waals surface area (Å²) in [5.41, 5.74) is 2.77. The van der Waals surface area contributed by atoms with Gasteiger partial charge in [0.05, 0.1) is 23.9 Å². The van der Waals surface area contributed by atoms with Gasteiger partial charge >= 0.3 is 12.1 Å². The molecule has 0 aliphatic carbocycles. The van der Waals surface area contributed by atoms with E-state index in [1.165, 1.54) is 7.11 Å². The van der Waals surface area contributed by atoms with Gasteiger partial charge in [0.25, 0.3) is 0 Å². The second-order valence-electron chi connectivity index (χ2n) is 15.5. The van der Waals surface area contributed by atoms with Crippen LogP contribution in [-0.2, 0) is 23.8 Å². The summed E-state index contributed by atoms with van der Waals surface area (Å²) < 4.78 is 10.2. The zero-order chi connectivity index (χ0) is 41.1. The molecule has 3 aromatic rings. The third-order valence-electron chi connectivity index (χ3n) is 10.2. The number of ether oxygens (including phenoxy) is 2. The number of hydrogen-bond acceptors (Lipinski definition) is 9. The maximum absolute atomic E-state index is 13.7. The fourth-order valence-corrected chi connectivity index (χ4v) is 8.64. The standard InChI is InChI=1S/C45H66N4O5S2/c1-10-32(3)39(30-47-40(33(4)11-2)41(50)49-38(27-28-55-9)42(51)53-8)46-29-37(48-43(52)54-44(5,6)7)31-56-45(34-21-15-12-16-22-34,35-23-17-13-18-24-35)36-25-19-14-20-26-36/h12-26,32-33,37-40,46-47H,10-11,27-31H2,1-9H3,(H,48,52)(H,49,50)/t32-,33-,37+,38-,39+,40-/m0/s1. The molecule has 2 amide bonds. The predicted octanol–water partition coefficient (Wildman–Crippen LogP) is 8.02. The van der Waals surface area contributed by atoms with Crippen LogP contribution in [0.4, 0.5) is 4.79 Å². The molecule has 11 heteroatoms. The largest absolute Gasteiger partial charge is 0.467 e. The first-order chi connectivity index (χ1) is 26.8. The van der Waals surface area contributed by atoms with Gasteiger partial charge in [0.15, 0.2) is 0 Å². The predicted molar refractivity (Wildman–Crippen MR) is 234 cm³/mol. The Hall–Kier alpha value is -3.51. The molecular formula is C45H66N4O5S2. The molecule has 0 radical (unpaired) electrons. The molecule has 0 aliphatic rings. The molecule has 3 rings (SSSR count). The van der Waals surface area contributed by atoms with Crippen molar-refractivity contribution in [2.24, 2.45) is 11.8 Å². The van der Waals surface area contributed by atoms with Crippen molar-refractivity contribution in [1.82, 2.24) is 21.3 Å². The maximum Gasteiger partial charge on any atom is 0.407 e. The van der Waals surface area contributed by atoms with Crippen molar-refractivity contribution < 1.29 is 23.9 Å². The van der Waals surface area contributed by atoms with E-state index in [9.17, 15) is 14.4 Å². The van der Waals surface area contributed by atoms with Gasteiger partial charge < -0.3 is 30.7 Å². The van der Waals surface area contributed by atoms with E-state index in [2.05, 4.69) is 122 Å². The van der Waals surface area contributed by atoms with Crippen molar-refractivity contribution in [1.29, 1.82) is 0 Å². The summed E-state index contributed by atoms with van der Waals surface area (Å²) in [5, 5.41) is 13.5. The molecular weight excluding hydrogens is 741 g/mol. The van der Waals surface area contributed by atoms with E-state index >= 15 is 0 Å². The van der Waals surface area contributed by atoms with Crippen LogP contribution in [0.25, 0.3) is 0 Å². The zero-order valence-electron chi connectivity index (χ0n) is 34.9. The first-order valence-corrected chi connectivity index (χ1v) is 22.3. The number of esters is 1. The van der Waals surface area contributed by atoms with Crippen molar-refractivity contribution in [3.8, 4) is 0 Å². The molecule has 0 aromatic heterocycles. The topological polar surface area (TPSA) is 118 Å². The van der Waals surface area contributed by atoms with E-state index in [1.807, 2.05) is 45.2 Å². The van der Waals surface area contributed by atoms with Crippen LogP contribution in [0.5, 0.6) is 0 Å². The Morgan fingerprint density at radius 2 is 1.25 bits per heavy atom. The van der Waals surface area contributed by atoms with Crippen LogP contribution in [-0.4, -0.2) is 85.7 Å². The highest BCUT2D eigenvalue weighted by molar-refractivity contribution is 8.00. The van der Waals surface area contributed by atoms with E-state index < -0.39 is 34.5 Å². The van der Waals surface area contributed by atoms with Crippen molar-refractivity contribution >= 4 is 41.5 Å². The molecule has 9 nitrogen and oxygen atoms in total. The van der Waals surface area contributed by atoms with Crippen molar-refractivity contribution in [3.05, 3.63) is 108 Å². The Morgan fingerprint density at radius 1 is 0.732 bits per heavy atom. The third-order valence-corrected chi connectivity index (χ3v) is 12.5. The fourth-order valence-electron chi connectivity index (χ4n) is 6.60. The van der Waals surface area contributed by atoms with Crippen molar-refractivity contribution in [3.63, 3.8) is 0 Å². The number of alkyl carbamates (subject to hydrolysis) is 1. The van der Waals surface area contributed by atoms with E-state index in [4.69, 9.17) is 9.47 Å².